The first-order chi connectivity index (χ1) is 12.2. The molecule has 0 unspecified atom stereocenters. The predicted octanol–water partition coefficient (Wildman–Crippen LogP) is 1.65. The lowest BCUT2D eigenvalue weighted by atomic mass is 10.0. The number of epoxide rings is 1. The van der Waals surface area contributed by atoms with E-state index in [-0.39, 0.29) is 30.7 Å². The number of nitrogens with zero attached hydrogens (tertiary/aromatic N) is 1. The quantitative estimate of drug-likeness (QED) is 0.659. The molecule has 2 aromatic rings. The fourth-order valence-corrected chi connectivity index (χ4v) is 2.91. The maximum atomic E-state index is 12.4. The Balaban J connectivity index is 1.43. The normalized spacial score (nSPS) is 26.6. The Morgan fingerprint density at radius 1 is 1.04 bits per heavy atom. The molecular formula is C19H15NO5. The van der Waals surface area contributed by atoms with Gasteiger partial charge in [-0.25, -0.2) is 0 Å². The van der Waals surface area contributed by atoms with Gasteiger partial charge in [-0.05, 0) is 48.5 Å². The highest BCUT2D eigenvalue weighted by molar-refractivity contribution is 6.09. The Morgan fingerprint density at radius 3 is 2.24 bits per heavy atom. The summed E-state index contributed by atoms with van der Waals surface area (Å²) in [6.07, 6.45) is -1.11. The summed E-state index contributed by atoms with van der Waals surface area (Å²) in [5, 5.41) is 18.0. The van der Waals surface area contributed by atoms with Crippen molar-refractivity contribution in [1.29, 1.82) is 5.26 Å². The lowest BCUT2D eigenvalue weighted by molar-refractivity contribution is -0.135. The molecule has 2 fully saturated rings. The smallest absolute Gasteiger partial charge is 0.229 e. The van der Waals surface area contributed by atoms with Crippen molar-refractivity contribution in [3.63, 3.8) is 0 Å². The number of ketones is 1. The van der Waals surface area contributed by atoms with Gasteiger partial charge >= 0.3 is 0 Å². The van der Waals surface area contributed by atoms with E-state index in [1.807, 2.05) is 6.07 Å². The molecule has 0 bridgehead atoms. The summed E-state index contributed by atoms with van der Waals surface area (Å²) >= 11 is 0. The first-order valence-corrected chi connectivity index (χ1v) is 7.93. The summed E-state index contributed by atoms with van der Waals surface area (Å²) in [4.78, 5) is 12.4. The SMILES string of the molecule is N#Cc1ccc(C(=O)c2ccc(O[C@H]3O[C@H](CO)[C@@H]4O[C@H]34)cc2)cc1. The predicted molar refractivity (Wildman–Crippen MR) is 86.1 cm³/mol. The van der Waals surface area contributed by atoms with Crippen molar-refractivity contribution in [2.45, 2.75) is 24.6 Å². The third kappa shape index (κ3) is 3.01. The van der Waals surface area contributed by atoms with E-state index in [9.17, 15) is 4.79 Å². The molecule has 2 saturated heterocycles. The van der Waals surface area contributed by atoms with Gasteiger partial charge in [-0.15, -0.1) is 0 Å². The molecule has 2 heterocycles. The minimum absolute atomic E-state index is 0.0905. The van der Waals surface area contributed by atoms with Gasteiger partial charge in [0.05, 0.1) is 18.2 Å². The van der Waals surface area contributed by atoms with E-state index in [1.165, 1.54) is 0 Å². The third-order valence-corrected chi connectivity index (χ3v) is 4.33. The topological polar surface area (TPSA) is 92.1 Å². The number of nitriles is 1. The van der Waals surface area contributed by atoms with E-state index in [0.29, 0.717) is 22.4 Å². The first-order valence-electron chi connectivity index (χ1n) is 7.93. The van der Waals surface area contributed by atoms with Gasteiger partial charge in [0, 0.05) is 11.1 Å². The van der Waals surface area contributed by atoms with Crippen LogP contribution in [0.2, 0.25) is 0 Å². The molecule has 6 heteroatoms. The Hall–Kier alpha value is -2.72. The van der Waals surface area contributed by atoms with E-state index in [2.05, 4.69) is 0 Å². The molecule has 0 aliphatic carbocycles. The van der Waals surface area contributed by atoms with Crippen molar-refractivity contribution in [3.8, 4) is 11.8 Å². The number of hydrogen-bond donors (Lipinski definition) is 1. The fourth-order valence-electron chi connectivity index (χ4n) is 2.91. The second-order valence-corrected chi connectivity index (χ2v) is 5.95. The molecule has 0 aromatic heterocycles. The molecule has 4 atom stereocenters. The molecular weight excluding hydrogens is 322 g/mol. The summed E-state index contributed by atoms with van der Waals surface area (Å²) in [7, 11) is 0. The number of hydrogen-bond acceptors (Lipinski definition) is 6. The Morgan fingerprint density at radius 2 is 1.68 bits per heavy atom. The van der Waals surface area contributed by atoms with Gasteiger partial charge in [-0.1, -0.05) is 0 Å². The van der Waals surface area contributed by atoms with Crippen LogP contribution in [-0.2, 0) is 9.47 Å². The maximum absolute atomic E-state index is 12.4. The zero-order chi connectivity index (χ0) is 17.4. The molecule has 2 aliphatic rings. The highest BCUT2D eigenvalue weighted by Gasteiger charge is 2.59. The highest BCUT2D eigenvalue weighted by atomic mass is 16.8. The average molecular weight is 337 g/mol. The van der Waals surface area contributed by atoms with Gasteiger partial charge in [0.15, 0.2) is 5.78 Å². The van der Waals surface area contributed by atoms with Crippen LogP contribution < -0.4 is 4.74 Å². The summed E-state index contributed by atoms with van der Waals surface area (Å²) in [5.41, 5.74) is 1.56. The summed E-state index contributed by atoms with van der Waals surface area (Å²) < 4.78 is 16.7. The molecule has 0 radical (unpaired) electrons. The van der Waals surface area contributed by atoms with Crippen LogP contribution in [0, 0.1) is 11.3 Å². The fraction of sp³-hybridized carbons (Fsp3) is 0.263. The van der Waals surface area contributed by atoms with Crippen LogP contribution in [0.4, 0.5) is 0 Å². The lowest BCUT2D eigenvalue weighted by Gasteiger charge is -2.17. The number of carbonyl (C=O) groups excluding carboxylic acids is 1. The number of rotatable bonds is 5. The number of aliphatic hydroxyl groups excluding tert-OH is 1. The van der Waals surface area contributed by atoms with Gasteiger partial charge in [0.25, 0.3) is 0 Å². The van der Waals surface area contributed by atoms with Crippen molar-refractivity contribution >= 4 is 5.78 Å². The van der Waals surface area contributed by atoms with E-state index in [4.69, 9.17) is 24.6 Å². The standard InChI is InChI=1S/C19H15NO5/c20-9-11-1-3-12(4-2-11)16(22)13-5-7-14(8-6-13)23-19-18-17(25-18)15(10-21)24-19/h1-8,15,17-19,21H,10H2/t15-,17+,18+,19+/m1/s1. The van der Waals surface area contributed by atoms with Crippen LogP contribution in [0.5, 0.6) is 5.75 Å². The second kappa shape index (κ2) is 6.30. The number of benzene rings is 2. The number of ether oxygens (including phenoxy) is 3. The molecule has 126 valence electrons. The highest BCUT2D eigenvalue weighted by Crippen LogP contribution is 2.39. The van der Waals surface area contributed by atoms with Gasteiger partial charge < -0.3 is 19.3 Å². The van der Waals surface area contributed by atoms with Crippen molar-refractivity contribution in [2.75, 3.05) is 6.61 Å². The average Bonchev–Trinajstić information content (AvgIpc) is 3.39. The van der Waals surface area contributed by atoms with Gasteiger partial charge in [0.2, 0.25) is 6.29 Å². The molecule has 1 N–H and O–H groups in total. The molecule has 2 aromatic carbocycles. The maximum Gasteiger partial charge on any atom is 0.229 e. The summed E-state index contributed by atoms with van der Waals surface area (Å²) in [6.45, 7) is -0.0982. The first kappa shape index (κ1) is 15.8. The van der Waals surface area contributed by atoms with Crippen molar-refractivity contribution in [3.05, 3.63) is 65.2 Å². The van der Waals surface area contributed by atoms with Crippen LogP contribution in [0.1, 0.15) is 21.5 Å². The summed E-state index contributed by atoms with van der Waals surface area (Å²) in [6, 6.07) is 15.3. The van der Waals surface area contributed by atoms with E-state index in [1.54, 1.807) is 48.5 Å². The molecule has 25 heavy (non-hydrogen) atoms. The van der Waals surface area contributed by atoms with Crippen LogP contribution >= 0.6 is 0 Å². The Labute approximate surface area is 144 Å². The molecule has 6 nitrogen and oxygen atoms in total. The third-order valence-electron chi connectivity index (χ3n) is 4.33. The van der Waals surface area contributed by atoms with E-state index in [0.717, 1.165) is 0 Å². The minimum atomic E-state index is -0.540. The van der Waals surface area contributed by atoms with Gasteiger partial charge in [-0.2, -0.15) is 5.26 Å². The van der Waals surface area contributed by atoms with E-state index >= 15 is 0 Å². The Bertz CT molecular complexity index is 824. The molecule has 0 spiro atoms. The molecule has 4 rings (SSSR count). The van der Waals surface area contributed by atoms with Crippen LogP contribution in [0.25, 0.3) is 0 Å². The summed E-state index contributed by atoms with van der Waals surface area (Å²) in [5.74, 6) is 0.438. The molecule has 0 saturated carbocycles. The van der Waals surface area contributed by atoms with Crippen LogP contribution in [0.3, 0.4) is 0 Å². The van der Waals surface area contributed by atoms with Gasteiger partial charge in [-0.3, -0.25) is 4.79 Å². The van der Waals surface area contributed by atoms with Crippen molar-refractivity contribution in [2.24, 2.45) is 0 Å². The van der Waals surface area contributed by atoms with Crippen LogP contribution in [-0.4, -0.2) is 42.1 Å². The minimum Gasteiger partial charge on any atom is -0.462 e. The number of aliphatic hydroxyl groups is 1. The van der Waals surface area contributed by atoms with E-state index < -0.39 is 6.29 Å². The molecule has 0 amide bonds. The Kier molecular flexibility index (Phi) is 3.98. The van der Waals surface area contributed by atoms with Crippen LogP contribution in [0.15, 0.2) is 48.5 Å². The number of fused-ring (bicyclic) bond motifs is 1. The zero-order valence-corrected chi connectivity index (χ0v) is 13.2. The number of carbonyl (C=O) groups is 1. The zero-order valence-electron chi connectivity index (χ0n) is 13.2. The second-order valence-electron chi connectivity index (χ2n) is 5.95. The van der Waals surface area contributed by atoms with Crippen molar-refractivity contribution in [1.82, 2.24) is 0 Å². The monoisotopic (exact) mass is 337 g/mol. The largest absolute Gasteiger partial charge is 0.462 e. The lowest BCUT2D eigenvalue weighted by Crippen LogP contribution is -2.27. The van der Waals surface area contributed by atoms with Crippen molar-refractivity contribution < 1.29 is 24.1 Å². The van der Waals surface area contributed by atoms with Gasteiger partial charge in [0.1, 0.15) is 24.1 Å². The molecule has 2 aliphatic heterocycles.